The molecule has 2 aliphatic heterocycles. The van der Waals surface area contributed by atoms with E-state index in [4.69, 9.17) is 10.5 Å². The van der Waals surface area contributed by atoms with Crippen molar-refractivity contribution in [1.29, 1.82) is 0 Å². The molecule has 0 amide bonds. The Labute approximate surface area is 119 Å². The molecule has 0 atom stereocenters. The molecule has 1 aromatic carbocycles. The summed E-state index contributed by atoms with van der Waals surface area (Å²) in [5.74, 6) is 0. The molecule has 110 valence electrons. The number of nitrogens with zero attached hydrogens (tertiary/aromatic N) is 1. The van der Waals surface area contributed by atoms with E-state index in [1.54, 1.807) is 19.9 Å². The summed E-state index contributed by atoms with van der Waals surface area (Å²) in [6.45, 7) is 6.32. The third kappa shape index (κ3) is 1.90. The zero-order valence-corrected chi connectivity index (χ0v) is 12.7. The lowest BCUT2D eigenvalue weighted by molar-refractivity contribution is 0.123. The number of morpholine rings is 1. The number of anilines is 2. The van der Waals surface area contributed by atoms with Crippen molar-refractivity contribution in [3.8, 4) is 0 Å². The fraction of sp³-hybridized carbons (Fsp3) is 0.571. The Hall–Kier alpha value is -1.27. The van der Waals surface area contributed by atoms with Crippen LogP contribution in [0.15, 0.2) is 17.0 Å². The van der Waals surface area contributed by atoms with Gasteiger partial charge in [0.25, 0.3) is 0 Å². The summed E-state index contributed by atoms with van der Waals surface area (Å²) in [4.78, 5) is 2.54. The molecule has 2 heterocycles. The number of nitrogen functional groups attached to an aromatic ring is 1. The normalized spacial score (nSPS) is 23.6. The fourth-order valence-electron chi connectivity index (χ4n) is 2.95. The molecule has 0 aliphatic carbocycles. The van der Waals surface area contributed by atoms with E-state index >= 15 is 0 Å². The SMILES string of the molecule is CC1(C)Cc2cc(N)c(N3CCOCC3)cc2S1(=O)=O. The summed E-state index contributed by atoms with van der Waals surface area (Å²) in [7, 11) is -3.28. The quantitative estimate of drug-likeness (QED) is 0.789. The van der Waals surface area contributed by atoms with Crippen molar-refractivity contribution in [2.75, 3.05) is 36.9 Å². The van der Waals surface area contributed by atoms with Crippen LogP contribution in [0.1, 0.15) is 19.4 Å². The zero-order chi connectivity index (χ0) is 14.5. The Morgan fingerprint density at radius 1 is 1.25 bits per heavy atom. The molecule has 6 heteroatoms. The van der Waals surface area contributed by atoms with Gasteiger partial charge in [-0.15, -0.1) is 0 Å². The predicted octanol–water partition coefficient (Wildman–Crippen LogP) is 1.21. The van der Waals surface area contributed by atoms with E-state index in [-0.39, 0.29) is 0 Å². The first-order chi connectivity index (χ1) is 9.33. The smallest absolute Gasteiger partial charge is 0.184 e. The van der Waals surface area contributed by atoms with Crippen molar-refractivity contribution in [3.63, 3.8) is 0 Å². The first kappa shape index (κ1) is 13.7. The van der Waals surface area contributed by atoms with Gasteiger partial charge in [-0.3, -0.25) is 0 Å². The molecule has 0 saturated carbocycles. The van der Waals surface area contributed by atoms with Crippen molar-refractivity contribution in [1.82, 2.24) is 0 Å². The minimum atomic E-state index is -3.28. The van der Waals surface area contributed by atoms with Gasteiger partial charge in [-0.25, -0.2) is 8.42 Å². The van der Waals surface area contributed by atoms with Crippen molar-refractivity contribution in [2.45, 2.75) is 29.9 Å². The lowest BCUT2D eigenvalue weighted by atomic mass is 10.0. The predicted molar refractivity (Wildman–Crippen MR) is 78.9 cm³/mol. The first-order valence-corrected chi connectivity index (χ1v) is 8.31. The molecule has 3 rings (SSSR count). The van der Waals surface area contributed by atoms with Gasteiger partial charge in [0.15, 0.2) is 9.84 Å². The molecule has 5 nitrogen and oxygen atoms in total. The molecular formula is C14H20N2O3S. The highest BCUT2D eigenvalue weighted by Gasteiger charge is 2.44. The summed E-state index contributed by atoms with van der Waals surface area (Å²) >= 11 is 0. The van der Waals surface area contributed by atoms with Gasteiger partial charge < -0.3 is 15.4 Å². The van der Waals surface area contributed by atoms with Crippen LogP contribution in [0, 0.1) is 0 Å². The Morgan fingerprint density at radius 2 is 1.90 bits per heavy atom. The summed E-state index contributed by atoms with van der Waals surface area (Å²) in [6, 6.07) is 3.58. The van der Waals surface area contributed by atoms with E-state index in [0.29, 0.717) is 30.2 Å². The maximum absolute atomic E-state index is 12.6. The van der Waals surface area contributed by atoms with Gasteiger partial charge in [0, 0.05) is 13.1 Å². The van der Waals surface area contributed by atoms with Gasteiger partial charge in [-0.1, -0.05) is 0 Å². The van der Waals surface area contributed by atoms with E-state index in [1.165, 1.54) is 0 Å². The lowest BCUT2D eigenvalue weighted by Crippen LogP contribution is -2.36. The highest BCUT2D eigenvalue weighted by molar-refractivity contribution is 7.93. The van der Waals surface area contributed by atoms with E-state index < -0.39 is 14.6 Å². The Kier molecular flexibility index (Phi) is 2.99. The number of benzene rings is 1. The van der Waals surface area contributed by atoms with Crippen LogP contribution in [0.3, 0.4) is 0 Å². The van der Waals surface area contributed by atoms with Crippen molar-refractivity contribution >= 4 is 21.2 Å². The minimum Gasteiger partial charge on any atom is -0.397 e. The van der Waals surface area contributed by atoms with Crippen molar-refractivity contribution < 1.29 is 13.2 Å². The number of nitrogens with two attached hydrogens (primary N) is 1. The second kappa shape index (κ2) is 4.36. The number of rotatable bonds is 1. The molecule has 0 radical (unpaired) electrons. The molecule has 2 N–H and O–H groups in total. The molecule has 1 fully saturated rings. The average molecular weight is 296 g/mol. The van der Waals surface area contributed by atoms with Gasteiger partial charge in [-0.05, 0) is 38.0 Å². The molecule has 0 aromatic heterocycles. The van der Waals surface area contributed by atoms with Crippen LogP contribution in [-0.4, -0.2) is 39.5 Å². The van der Waals surface area contributed by atoms with Crippen molar-refractivity contribution in [2.24, 2.45) is 0 Å². The summed E-state index contributed by atoms with van der Waals surface area (Å²) < 4.78 is 29.7. The van der Waals surface area contributed by atoms with Crippen LogP contribution in [0.25, 0.3) is 0 Å². The summed E-state index contributed by atoms with van der Waals surface area (Å²) in [5.41, 5.74) is 8.43. The van der Waals surface area contributed by atoms with Crippen LogP contribution >= 0.6 is 0 Å². The Bertz CT molecular complexity index is 647. The highest BCUT2D eigenvalue weighted by Crippen LogP contribution is 2.42. The second-order valence-electron chi connectivity index (χ2n) is 6.06. The largest absolute Gasteiger partial charge is 0.397 e. The fourth-order valence-corrected chi connectivity index (χ4v) is 4.63. The van der Waals surface area contributed by atoms with Gasteiger partial charge in [0.05, 0.1) is 34.2 Å². The number of sulfone groups is 1. The van der Waals surface area contributed by atoms with E-state index in [9.17, 15) is 8.42 Å². The third-order valence-electron chi connectivity index (χ3n) is 4.19. The van der Waals surface area contributed by atoms with E-state index in [0.717, 1.165) is 24.3 Å². The van der Waals surface area contributed by atoms with E-state index in [1.807, 2.05) is 6.07 Å². The second-order valence-corrected chi connectivity index (χ2v) is 8.61. The molecule has 0 bridgehead atoms. The molecule has 0 unspecified atom stereocenters. The number of fused-ring (bicyclic) bond motifs is 1. The highest BCUT2D eigenvalue weighted by atomic mass is 32.2. The Morgan fingerprint density at radius 3 is 2.55 bits per heavy atom. The standard InChI is InChI=1S/C14H20N2O3S/c1-14(2)9-10-7-11(15)12(8-13(10)20(14,17)18)16-3-5-19-6-4-16/h7-8H,3-6,9,15H2,1-2H3. The molecular weight excluding hydrogens is 276 g/mol. The molecule has 1 saturated heterocycles. The molecule has 0 spiro atoms. The third-order valence-corrected chi connectivity index (χ3v) is 6.75. The van der Waals surface area contributed by atoms with Crippen LogP contribution in [0.2, 0.25) is 0 Å². The van der Waals surface area contributed by atoms with Crippen LogP contribution in [-0.2, 0) is 21.0 Å². The number of hydrogen-bond acceptors (Lipinski definition) is 5. The minimum absolute atomic E-state index is 0.443. The molecule has 20 heavy (non-hydrogen) atoms. The van der Waals surface area contributed by atoms with Crippen LogP contribution in [0.5, 0.6) is 0 Å². The maximum atomic E-state index is 12.6. The summed E-state index contributed by atoms with van der Waals surface area (Å²) in [5, 5.41) is 0. The monoisotopic (exact) mass is 296 g/mol. The zero-order valence-electron chi connectivity index (χ0n) is 11.8. The summed E-state index contributed by atoms with van der Waals surface area (Å²) in [6.07, 6.45) is 0.526. The maximum Gasteiger partial charge on any atom is 0.184 e. The topological polar surface area (TPSA) is 72.6 Å². The van der Waals surface area contributed by atoms with Gasteiger partial charge >= 0.3 is 0 Å². The first-order valence-electron chi connectivity index (χ1n) is 6.83. The lowest BCUT2D eigenvalue weighted by Gasteiger charge is -2.30. The number of hydrogen-bond donors (Lipinski definition) is 1. The Balaban J connectivity index is 2.09. The van der Waals surface area contributed by atoms with Crippen molar-refractivity contribution in [3.05, 3.63) is 17.7 Å². The molecule has 1 aromatic rings. The van der Waals surface area contributed by atoms with Crippen LogP contribution < -0.4 is 10.6 Å². The van der Waals surface area contributed by atoms with Crippen LogP contribution in [0.4, 0.5) is 11.4 Å². The van der Waals surface area contributed by atoms with E-state index in [2.05, 4.69) is 4.90 Å². The van der Waals surface area contributed by atoms with Gasteiger partial charge in [0.1, 0.15) is 0 Å². The van der Waals surface area contributed by atoms with Gasteiger partial charge in [0.2, 0.25) is 0 Å². The van der Waals surface area contributed by atoms with Gasteiger partial charge in [-0.2, -0.15) is 0 Å². The average Bonchev–Trinajstić information content (AvgIpc) is 2.55. The molecule has 2 aliphatic rings. The number of ether oxygens (including phenoxy) is 1.